The molecule has 8 heteroatoms. The van der Waals surface area contributed by atoms with Crippen LogP contribution in [0.5, 0.6) is 0 Å². The lowest BCUT2D eigenvalue weighted by Gasteiger charge is -2.32. The molecule has 29 heavy (non-hydrogen) atoms. The molecule has 1 amide bonds. The summed E-state index contributed by atoms with van der Waals surface area (Å²) in [6.07, 6.45) is 6.47. The van der Waals surface area contributed by atoms with Crippen molar-refractivity contribution < 1.29 is 9.53 Å². The van der Waals surface area contributed by atoms with Gasteiger partial charge >= 0.3 is 0 Å². The summed E-state index contributed by atoms with van der Waals surface area (Å²) in [5, 5.41) is 7.01. The molecule has 0 aromatic heterocycles. The Morgan fingerprint density at radius 1 is 1.17 bits per heavy atom. The van der Waals surface area contributed by atoms with E-state index in [2.05, 4.69) is 34.4 Å². The van der Waals surface area contributed by atoms with E-state index in [1.54, 1.807) is 19.0 Å². The van der Waals surface area contributed by atoms with Gasteiger partial charge in [0.25, 0.3) is 0 Å². The highest BCUT2D eigenvalue weighted by Crippen LogP contribution is 2.42. The Hall–Kier alpha value is -0.610. The monoisotopic (exact) mass is 523 g/mol. The van der Waals surface area contributed by atoms with Crippen molar-refractivity contribution >= 4 is 35.8 Å². The fourth-order valence-electron chi connectivity index (χ4n) is 4.33. The first kappa shape index (κ1) is 26.4. The Kier molecular flexibility index (Phi) is 12.4. The molecule has 0 atom stereocenters. The summed E-state index contributed by atoms with van der Waals surface area (Å²) in [5.74, 6) is 1.48. The number of guanidine groups is 1. The molecule has 7 nitrogen and oxygen atoms in total. The number of ether oxygens (including phenoxy) is 1. The van der Waals surface area contributed by atoms with Crippen molar-refractivity contribution in [2.75, 3.05) is 66.6 Å². The summed E-state index contributed by atoms with van der Waals surface area (Å²) < 4.78 is 5.41. The van der Waals surface area contributed by atoms with Crippen LogP contribution >= 0.6 is 24.0 Å². The Bertz CT molecular complexity index is 501. The van der Waals surface area contributed by atoms with Gasteiger partial charge in [-0.3, -0.25) is 9.69 Å². The average Bonchev–Trinajstić information content (AvgIpc) is 3.11. The number of morpholine rings is 1. The molecule has 1 heterocycles. The maximum atomic E-state index is 12.0. The highest BCUT2D eigenvalue weighted by Gasteiger charge is 2.34. The molecular formula is C21H42IN5O2. The zero-order chi connectivity index (χ0) is 20.4. The minimum atomic E-state index is 0. The number of amides is 1. The standard InChI is InChI=1S/C21H41N5O2.HI/c1-18(2)15-21(7-5-6-8-21)17-24-20(23-16-19(27)25(3)4)22-9-10-26-11-13-28-14-12-26;/h18H,5-17H2,1-4H3,(H2,22,23,24);1H. The zero-order valence-corrected chi connectivity index (χ0v) is 21.2. The van der Waals surface area contributed by atoms with Crippen LogP contribution in [0.2, 0.25) is 0 Å². The van der Waals surface area contributed by atoms with Gasteiger partial charge in [-0.05, 0) is 30.6 Å². The van der Waals surface area contributed by atoms with Crippen LogP contribution in [0.3, 0.4) is 0 Å². The molecule has 0 unspecified atom stereocenters. The summed E-state index contributed by atoms with van der Waals surface area (Å²) in [6.45, 7) is 11.1. The van der Waals surface area contributed by atoms with E-state index in [0.717, 1.165) is 51.9 Å². The third-order valence-electron chi connectivity index (χ3n) is 5.83. The van der Waals surface area contributed by atoms with Crippen LogP contribution in [-0.4, -0.2) is 88.2 Å². The molecule has 2 rings (SSSR count). The highest BCUT2D eigenvalue weighted by atomic mass is 127. The second-order valence-electron chi connectivity index (χ2n) is 8.99. The van der Waals surface area contributed by atoms with E-state index in [0.29, 0.717) is 11.3 Å². The van der Waals surface area contributed by atoms with Crippen molar-refractivity contribution in [1.82, 2.24) is 20.4 Å². The van der Waals surface area contributed by atoms with E-state index in [9.17, 15) is 4.79 Å². The summed E-state index contributed by atoms with van der Waals surface area (Å²) in [7, 11) is 3.54. The summed E-state index contributed by atoms with van der Waals surface area (Å²) >= 11 is 0. The van der Waals surface area contributed by atoms with Gasteiger partial charge in [-0.15, -0.1) is 24.0 Å². The van der Waals surface area contributed by atoms with Gasteiger partial charge in [0.1, 0.15) is 6.54 Å². The molecule has 170 valence electrons. The van der Waals surface area contributed by atoms with E-state index < -0.39 is 0 Å². The minimum Gasteiger partial charge on any atom is -0.379 e. The van der Waals surface area contributed by atoms with Gasteiger partial charge < -0.3 is 20.3 Å². The number of nitrogens with one attached hydrogen (secondary N) is 2. The number of hydrogen-bond donors (Lipinski definition) is 2. The van der Waals surface area contributed by atoms with Crippen molar-refractivity contribution in [2.24, 2.45) is 16.3 Å². The molecule has 0 spiro atoms. The number of carbonyl (C=O) groups excluding carboxylic acids is 1. The smallest absolute Gasteiger partial charge is 0.243 e. The fraction of sp³-hybridized carbons (Fsp3) is 0.905. The van der Waals surface area contributed by atoms with E-state index in [1.807, 2.05) is 0 Å². The molecule has 0 aromatic rings. The first-order valence-electron chi connectivity index (χ1n) is 10.9. The Morgan fingerprint density at radius 3 is 2.41 bits per heavy atom. The molecule has 1 saturated carbocycles. The van der Waals surface area contributed by atoms with E-state index in [1.165, 1.54) is 32.1 Å². The summed E-state index contributed by atoms with van der Waals surface area (Å²) in [5.41, 5.74) is 0.367. The molecule has 1 aliphatic heterocycles. The predicted molar refractivity (Wildman–Crippen MR) is 130 cm³/mol. The maximum absolute atomic E-state index is 12.0. The second-order valence-corrected chi connectivity index (χ2v) is 8.99. The topological polar surface area (TPSA) is 69.2 Å². The third-order valence-corrected chi connectivity index (χ3v) is 5.83. The van der Waals surface area contributed by atoms with Crippen molar-refractivity contribution in [3.8, 4) is 0 Å². The van der Waals surface area contributed by atoms with Crippen LogP contribution in [0, 0.1) is 11.3 Å². The van der Waals surface area contributed by atoms with Crippen LogP contribution in [0.15, 0.2) is 4.99 Å². The number of halogens is 1. The Morgan fingerprint density at radius 2 is 1.83 bits per heavy atom. The minimum absolute atomic E-state index is 0. The molecule has 1 aliphatic carbocycles. The molecule has 2 aliphatic rings. The normalized spacial score (nSPS) is 19.7. The number of nitrogens with zero attached hydrogens (tertiary/aromatic N) is 3. The lowest BCUT2D eigenvalue weighted by Crippen LogP contribution is -2.47. The number of carbonyl (C=O) groups is 1. The maximum Gasteiger partial charge on any atom is 0.243 e. The van der Waals surface area contributed by atoms with E-state index in [4.69, 9.17) is 4.74 Å². The predicted octanol–water partition coefficient (Wildman–Crippen LogP) is 2.17. The van der Waals surface area contributed by atoms with Crippen LogP contribution in [0.1, 0.15) is 46.0 Å². The number of aliphatic imine (C=N–C) groups is 1. The molecule has 0 bridgehead atoms. The average molecular weight is 524 g/mol. The molecule has 0 radical (unpaired) electrons. The number of likely N-dealkylation sites (N-methyl/N-ethyl adjacent to an activating group) is 1. The number of hydrogen-bond acceptors (Lipinski definition) is 4. The first-order valence-corrected chi connectivity index (χ1v) is 10.9. The van der Waals surface area contributed by atoms with Gasteiger partial charge in [-0.25, -0.2) is 4.99 Å². The van der Waals surface area contributed by atoms with Gasteiger partial charge in [-0.1, -0.05) is 26.7 Å². The molecule has 1 saturated heterocycles. The summed E-state index contributed by atoms with van der Waals surface area (Å²) in [4.78, 5) is 20.5. The van der Waals surface area contributed by atoms with Crippen molar-refractivity contribution in [1.29, 1.82) is 0 Å². The Balaban J connectivity index is 0.00000420. The van der Waals surface area contributed by atoms with E-state index in [-0.39, 0.29) is 36.4 Å². The van der Waals surface area contributed by atoms with Crippen molar-refractivity contribution in [2.45, 2.75) is 46.0 Å². The SMILES string of the molecule is CC(C)CC1(CNC(=NCC(=O)N(C)C)NCCN2CCOCC2)CCCC1.I. The molecule has 0 aromatic carbocycles. The fourth-order valence-corrected chi connectivity index (χ4v) is 4.33. The van der Waals surface area contributed by atoms with Crippen LogP contribution in [0.25, 0.3) is 0 Å². The second kappa shape index (κ2) is 13.6. The van der Waals surface area contributed by atoms with Gasteiger partial charge in [0.05, 0.1) is 13.2 Å². The highest BCUT2D eigenvalue weighted by molar-refractivity contribution is 14.0. The van der Waals surface area contributed by atoms with Gasteiger partial charge in [0.2, 0.25) is 5.91 Å². The largest absolute Gasteiger partial charge is 0.379 e. The number of rotatable bonds is 9. The summed E-state index contributed by atoms with van der Waals surface area (Å²) in [6, 6.07) is 0. The lowest BCUT2D eigenvalue weighted by atomic mass is 9.78. The Labute approximate surface area is 194 Å². The van der Waals surface area contributed by atoms with E-state index >= 15 is 0 Å². The van der Waals surface area contributed by atoms with Crippen LogP contribution in [-0.2, 0) is 9.53 Å². The van der Waals surface area contributed by atoms with Crippen LogP contribution in [0.4, 0.5) is 0 Å². The molecule has 2 N–H and O–H groups in total. The quantitative estimate of drug-likeness (QED) is 0.276. The molecular weight excluding hydrogens is 481 g/mol. The lowest BCUT2D eigenvalue weighted by molar-refractivity contribution is -0.127. The van der Waals surface area contributed by atoms with Gasteiger partial charge in [0.15, 0.2) is 5.96 Å². The van der Waals surface area contributed by atoms with Gasteiger partial charge in [0, 0.05) is 46.8 Å². The van der Waals surface area contributed by atoms with Gasteiger partial charge in [-0.2, -0.15) is 0 Å². The van der Waals surface area contributed by atoms with Crippen LogP contribution < -0.4 is 10.6 Å². The zero-order valence-electron chi connectivity index (χ0n) is 18.8. The first-order chi connectivity index (χ1) is 13.4. The third kappa shape index (κ3) is 9.83. The van der Waals surface area contributed by atoms with Crippen molar-refractivity contribution in [3.63, 3.8) is 0 Å². The van der Waals surface area contributed by atoms with Crippen molar-refractivity contribution in [3.05, 3.63) is 0 Å². The molecule has 2 fully saturated rings.